The van der Waals surface area contributed by atoms with Gasteiger partial charge in [0.15, 0.2) is 10.9 Å². The van der Waals surface area contributed by atoms with Gasteiger partial charge in [0, 0.05) is 11.7 Å². The topological polar surface area (TPSA) is 73.0 Å². The zero-order valence-corrected chi connectivity index (χ0v) is 19.0. The van der Waals surface area contributed by atoms with Gasteiger partial charge in [-0.2, -0.15) is 0 Å². The summed E-state index contributed by atoms with van der Waals surface area (Å²) >= 11 is 1.38. The molecule has 0 aliphatic rings. The zero-order chi connectivity index (χ0) is 22.3. The predicted octanol–water partition coefficient (Wildman–Crippen LogP) is 5.15. The Morgan fingerprint density at radius 3 is 2.41 bits per heavy atom. The summed E-state index contributed by atoms with van der Waals surface area (Å²) in [6.07, 6.45) is 3.42. The van der Waals surface area contributed by atoms with Crippen molar-refractivity contribution in [3.63, 3.8) is 0 Å². The molecule has 2 atom stereocenters. The average molecular weight is 447 g/mol. The number of carbonyl (C=O) groups is 1. The Hall–Kier alpha value is -3.32. The molecule has 1 amide bonds. The van der Waals surface area contributed by atoms with Crippen LogP contribution in [-0.2, 0) is 11.2 Å². The molecule has 32 heavy (non-hydrogen) atoms. The maximum Gasteiger partial charge on any atom is 0.233 e. The Labute approximate surface area is 192 Å². The molecule has 0 fully saturated rings. The van der Waals surface area contributed by atoms with Crippen molar-refractivity contribution < 1.29 is 9.21 Å². The van der Waals surface area contributed by atoms with Gasteiger partial charge >= 0.3 is 0 Å². The van der Waals surface area contributed by atoms with E-state index < -0.39 is 0 Å². The molecule has 2 heterocycles. The molecule has 1 N–H and O–H groups in total. The maximum atomic E-state index is 12.8. The summed E-state index contributed by atoms with van der Waals surface area (Å²) < 4.78 is 7.47. The number of amides is 1. The number of rotatable bonds is 9. The van der Waals surface area contributed by atoms with Crippen molar-refractivity contribution in [1.82, 2.24) is 20.1 Å². The maximum absolute atomic E-state index is 12.8. The van der Waals surface area contributed by atoms with Crippen LogP contribution in [0.5, 0.6) is 0 Å². The third-order valence-electron chi connectivity index (χ3n) is 5.14. The first-order valence-electron chi connectivity index (χ1n) is 10.7. The molecule has 7 heteroatoms. The lowest BCUT2D eigenvalue weighted by Crippen LogP contribution is -2.38. The van der Waals surface area contributed by atoms with Crippen LogP contribution in [0.25, 0.3) is 17.3 Å². The van der Waals surface area contributed by atoms with Crippen LogP contribution in [0.3, 0.4) is 0 Å². The van der Waals surface area contributed by atoms with Crippen LogP contribution in [0, 0.1) is 0 Å². The number of hydrogen-bond acceptors (Lipinski definition) is 5. The SMILES string of the molecule is CC(CCc1ccccc1)NC(=O)C(C)Sc1nnc(-c2ccco2)n1-c1ccccc1. The van der Waals surface area contributed by atoms with Crippen molar-refractivity contribution in [2.24, 2.45) is 0 Å². The minimum Gasteiger partial charge on any atom is -0.461 e. The fourth-order valence-electron chi connectivity index (χ4n) is 3.39. The van der Waals surface area contributed by atoms with Crippen molar-refractivity contribution in [3.05, 3.63) is 84.6 Å². The molecule has 164 valence electrons. The van der Waals surface area contributed by atoms with Crippen molar-refractivity contribution in [2.45, 2.75) is 43.1 Å². The lowest BCUT2D eigenvalue weighted by atomic mass is 10.1. The van der Waals surface area contributed by atoms with Crippen molar-refractivity contribution in [2.75, 3.05) is 0 Å². The second kappa shape index (κ2) is 10.3. The number of nitrogens with one attached hydrogen (secondary N) is 1. The third kappa shape index (κ3) is 5.29. The Bertz CT molecular complexity index is 1130. The van der Waals surface area contributed by atoms with E-state index >= 15 is 0 Å². The molecule has 0 bridgehead atoms. The van der Waals surface area contributed by atoms with Crippen LogP contribution in [-0.4, -0.2) is 32.0 Å². The van der Waals surface area contributed by atoms with Gasteiger partial charge in [-0.1, -0.05) is 60.3 Å². The molecule has 0 saturated heterocycles. The van der Waals surface area contributed by atoms with Gasteiger partial charge in [0.05, 0.1) is 11.5 Å². The summed E-state index contributed by atoms with van der Waals surface area (Å²) in [6, 6.07) is 23.9. The Morgan fingerprint density at radius 2 is 1.72 bits per heavy atom. The van der Waals surface area contributed by atoms with E-state index in [0.717, 1.165) is 18.5 Å². The first-order valence-corrected chi connectivity index (χ1v) is 11.6. The molecule has 2 unspecified atom stereocenters. The van der Waals surface area contributed by atoms with Crippen LogP contribution in [0.1, 0.15) is 25.8 Å². The summed E-state index contributed by atoms with van der Waals surface area (Å²) in [5.74, 6) is 1.21. The molecular formula is C25H26N4O2S. The first-order chi connectivity index (χ1) is 15.6. The molecule has 2 aromatic heterocycles. The number of carbonyl (C=O) groups excluding carboxylic acids is 1. The number of furan rings is 1. The number of aromatic nitrogens is 3. The quantitative estimate of drug-likeness (QED) is 0.360. The van der Waals surface area contributed by atoms with Gasteiger partial charge in [-0.25, -0.2) is 0 Å². The Kier molecular flexibility index (Phi) is 7.07. The molecule has 4 rings (SSSR count). The summed E-state index contributed by atoms with van der Waals surface area (Å²) in [6.45, 7) is 3.93. The van der Waals surface area contributed by atoms with E-state index in [2.05, 4.69) is 27.6 Å². The minimum absolute atomic E-state index is 0.0160. The Morgan fingerprint density at radius 1 is 1.00 bits per heavy atom. The molecule has 0 spiro atoms. The number of thioether (sulfide) groups is 1. The van der Waals surface area contributed by atoms with Crippen molar-refractivity contribution in [3.8, 4) is 17.3 Å². The molecule has 0 aliphatic carbocycles. The highest BCUT2D eigenvalue weighted by Crippen LogP contribution is 2.30. The van der Waals surface area contributed by atoms with E-state index in [0.29, 0.717) is 16.7 Å². The molecule has 0 radical (unpaired) electrons. The smallest absolute Gasteiger partial charge is 0.233 e. The lowest BCUT2D eigenvalue weighted by molar-refractivity contribution is -0.120. The number of hydrogen-bond donors (Lipinski definition) is 1. The van der Waals surface area contributed by atoms with E-state index in [1.165, 1.54) is 17.3 Å². The second-order valence-electron chi connectivity index (χ2n) is 7.65. The van der Waals surface area contributed by atoms with Gasteiger partial charge in [0.1, 0.15) is 0 Å². The van der Waals surface area contributed by atoms with Gasteiger partial charge in [-0.15, -0.1) is 10.2 Å². The van der Waals surface area contributed by atoms with E-state index in [9.17, 15) is 4.79 Å². The van der Waals surface area contributed by atoms with E-state index in [-0.39, 0.29) is 17.2 Å². The number of benzene rings is 2. The second-order valence-corrected chi connectivity index (χ2v) is 8.96. The van der Waals surface area contributed by atoms with E-state index in [4.69, 9.17) is 4.42 Å². The largest absolute Gasteiger partial charge is 0.461 e. The molecule has 0 saturated carbocycles. The summed E-state index contributed by atoms with van der Waals surface area (Å²) in [7, 11) is 0. The van der Waals surface area contributed by atoms with Gasteiger partial charge in [-0.3, -0.25) is 9.36 Å². The monoisotopic (exact) mass is 446 g/mol. The Balaban J connectivity index is 1.44. The van der Waals surface area contributed by atoms with Crippen LogP contribution >= 0.6 is 11.8 Å². The zero-order valence-electron chi connectivity index (χ0n) is 18.1. The fourth-order valence-corrected chi connectivity index (χ4v) is 4.27. The van der Waals surface area contributed by atoms with Crippen LogP contribution < -0.4 is 5.32 Å². The number of para-hydroxylation sites is 1. The molecule has 6 nitrogen and oxygen atoms in total. The van der Waals surface area contributed by atoms with Gasteiger partial charge in [0.25, 0.3) is 0 Å². The molecule has 2 aromatic carbocycles. The van der Waals surface area contributed by atoms with E-state index in [1.54, 1.807) is 6.26 Å². The van der Waals surface area contributed by atoms with Gasteiger partial charge < -0.3 is 9.73 Å². The lowest BCUT2D eigenvalue weighted by Gasteiger charge is -2.17. The molecule has 4 aromatic rings. The summed E-state index contributed by atoms with van der Waals surface area (Å²) in [4.78, 5) is 12.8. The van der Waals surface area contributed by atoms with Crippen LogP contribution in [0.2, 0.25) is 0 Å². The van der Waals surface area contributed by atoms with Gasteiger partial charge in [-0.05, 0) is 56.5 Å². The normalized spacial score (nSPS) is 12.9. The molecule has 0 aliphatic heterocycles. The highest BCUT2D eigenvalue weighted by molar-refractivity contribution is 8.00. The predicted molar refractivity (Wildman–Crippen MR) is 127 cm³/mol. The highest BCUT2D eigenvalue weighted by Gasteiger charge is 2.23. The summed E-state index contributed by atoms with van der Waals surface area (Å²) in [5, 5.41) is 12.1. The first kappa shape index (κ1) is 21.9. The fraction of sp³-hybridized carbons (Fsp3) is 0.240. The molecular weight excluding hydrogens is 420 g/mol. The average Bonchev–Trinajstić information content (AvgIpc) is 3.49. The number of aryl methyl sites for hydroxylation is 1. The summed E-state index contributed by atoms with van der Waals surface area (Å²) in [5.41, 5.74) is 2.19. The highest BCUT2D eigenvalue weighted by atomic mass is 32.2. The standard InChI is InChI=1S/C25H26N4O2S/c1-18(15-16-20-10-5-3-6-11-20)26-24(30)19(2)32-25-28-27-23(22-14-9-17-31-22)29(25)21-12-7-4-8-13-21/h3-14,17-19H,15-16H2,1-2H3,(H,26,30). The van der Waals surface area contributed by atoms with E-state index in [1.807, 2.05) is 79.1 Å². The van der Waals surface area contributed by atoms with Crippen molar-refractivity contribution >= 4 is 17.7 Å². The van der Waals surface area contributed by atoms with Crippen molar-refractivity contribution in [1.29, 1.82) is 0 Å². The minimum atomic E-state index is -0.328. The van der Waals surface area contributed by atoms with Crippen LogP contribution in [0.4, 0.5) is 0 Å². The van der Waals surface area contributed by atoms with Gasteiger partial charge in [0.2, 0.25) is 11.7 Å². The van der Waals surface area contributed by atoms with Crippen LogP contribution in [0.15, 0.2) is 88.6 Å². The third-order valence-corrected chi connectivity index (χ3v) is 6.18. The number of nitrogens with zero attached hydrogens (tertiary/aromatic N) is 3.